The summed E-state index contributed by atoms with van der Waals surface area (Å²) in [6, 6.07) is 7.23. The smallest absolute Gasteiger partial charge is 0.242 e. The first-order valence-corrected chi connectivity index (χ1v) is 9.35. The van der Waals surface area contributed by atoms with Gasteiger partial charge in [0.05, 0.1) is 0 Å². The normalized spacial score (nSPS) is 18.1. The van der Waals surface area contributed by atoms with Crippen LogP contribution in [0.2, 0.25) is 0 Å². The molecule has 1 aromatic rings. The molecule has 26 heavy (non-hydrogen) atoms. The first-order chi connectivity index (χ1) is 12.1. The molecule has 1 aliphatic heterocycles. The van der Waals surface area contributed by atoms with E-state index in [1.165, 1.54) is 13.8 Å². The Hall–Kier alpha value is -1.88. The first-order valence-electron chi connectivity index (χ1n) is 9.35. The highest BCUT2D eigenvalue weighted by Gasteiger charge is 2.35. The molecule has 4 nitrogen and oxygen atoms in total. The Morgan fingerprint density at radius 2 is 2.00 bits per heavy atom. The van der Waals surface area contributed by atoms with Crippen molar-refractivity contribution in [2.75, 3.05) is 13.1 Å². The van der Waals surface area contributed by atoms with E-state index >= 15 is 0 Å². The van der Waals surface area contributed by atoms with Gasteiger partial charge in [-0.2, -0.15) is 4.39 Å². The zero-order valence-corrected chi connectivity index (χ0v) is 16.5. The summed E-state index contributed by atoms with van der Waals surface area (Å²) in [5.74, 6) is -1.27. The average molecular weight is 362 g/mol. The van der Waals surface area contributed by atoms with Crippen LogP contribution in [0.25, 0.3) is 5.70 Å². The summed E-state index contributed by atoms with van der Waals surface area (Å²) in [6.07, 6.45) is 2.44. The van der Waals surface area contributed by atoms with Gasteiger partial charge in [-0.15, -0.1) is 0 Å². The van der Waals surface area contributed by atoms with Crippen LogP contribution in [0.3, 0.4) is 0 Å². The van der Waals surface area contributed by atoms with Gasteiger partial charge in [-0.1, -0.05) is 26.0 Å². The molecule has 0 radical (unpaired) electrons. The summed E-state index contributed by atoms with van der Waals surface area (Å²) in [7, 11) is 0. The van der Waals surface area contributed by atoms with Crippen LogP contribution in [0.5, 0.6) is 5.75 Å². The topological polar surface area (TPSA) is 50.4 Å². The average Bonchev–Trinajstić information content (AvgIpc) is 2.58. The Balaban J connectivity index is 2.29. The summed E-state index contributed by atoms with van der Waals surface area (Å²) >= 11 is 0. The summed E-state index contributed by atoms with van der Waals surface area (Å²) in [4.78, 5) is 13.0. The Bertz CT molecular complexity index is 671. The van der Waals surface area contributed by atoms with E-state index < -0.39 is 5.85 Å². The molecule has 144 valence electrons. The van der Waals surface area contributed by atoms with Gasteiger partial charge in [0.15, 0.2) is 0 Å². The van der Waals surface area contributed by atoms with E-state index in [2.05, 4.69) is 17.6 Å². The molecule has 0 spiro atoms. The molecule has 1 aromatic carbocycles. The van der Waals surface area contributed by atoms with Crippen molar-refractivity contribution in [3.05, 3.63) is 35.4 Å². The highest BCUT2D eigenvalue weighted by Crippen LogP contribution is 2.31. The number of allylic oxidation sites excluding steroid dienone is 1. The molecule has 0 atom stereocenters. The van der Waals surface area contributed by atoms with Gasteiger partial charge in [0.1, 0.15) is 5.75 Å². The third-order valence-corrected chi connectivity index (χ3v) is 4.93. The van der Waals surface area contributed by atoms with E-state index in [1.54, 1.807) is 12.1 Å². The second-order valence-electron chi connectivity index (χ2n) is 7.77. The molecule has 0 aliphatic carbocycles. The van der Waals surface area contributed by atoms with Crippen molar-refractivity contribution in [3.63, 3.8) is 0 Å². The second-order valence-corrected chi connectivity index (χ2v) is 7.77. The molecule has 5 heteroatoms. The summed E-state index contributed by atoms with van der Waals surface area (Å²) < 4.78 is 19.2. The number of benzene rings is 1. The van der Waals surface area contributed by atoms with E-state index in [-0.39, 0.29) is 11.3 Å². The quantitative estimate of drug-likeness (QED) is 0.788. The number of alkyl halides is 1. The lowest BCUT2D eigenvalue weighted by Crippen LogP contribution is -2.45. The van der Waals surface area contributed by atoms with Crippen LogP contribution in [0, 0.1) is 5.41 Å². The third kappa shape index (κ3) is 5.31. The molecule has 1 saturated heterocycles. The third-order valence-electron chi connectivity index (χ3n) is 4.93. The van der Waals surface area contributed by atoms with Crippen molar-refractivity contribution in [1.82, 2.24) is 10.6 Å². The number of carbonyl (C=O) groups is 1. The second kappa shape index (κ2) is 8.21. The van der Waals surface area contributed by atoms with Crippen molar-refractivity contribution in [3.8, 4) is 5.75 Å². The molecule has 0 aromatic heterocycles. The fourth-order valence-electron chi connectivity index (χ4n) is 3.07. The molecule has 0 saturated carbocycles. The molecular formula is C21H31FN2O2. The number of nitrogens with one attached hydrogen (secondary N) is 2. The SMILES string of the molecule is CC/C(C)=C(/NC(=O)C1(C)CCNCC1)c1cccc(OC(C)(C)F)c1. The lowest BCUT2D eigenvalue weighted by atomic mass is 9.80. The zero-order chi connectivity index (χ0) is 19.4. The number of hydrogen-bond acceptors (Lipinski definition) is 3. The number of hydrogen-bond donors (Lipinski definition) is 2. The van der Waals surface area contributed by atoms with Gasteiger partial charge >= 0.3 is 0 Å². The monoisotopic (exact) mass is 362 g/mol. The van der Waals surface area contributed by atoms with Crippen molar-refractivity contribution in [1.29, 1.82) is 0 Å². The molecule has 1 amide bonds. The maximum atomic E-state index is 13.8. The minimum atomic E-state index is -1.76. The molecule has 0 unspecified atom stereocenters. The van der Waals surface area contributed by atoms with Crippen LogP contribution in [-0.2, 0) is 4.79 Å². The molecule has 1 heterocycles. The molecule has 1 aliphatic rings. The van der Waals surface area contributed by atoms with Crippen LogP contribution in [0.4, 0.5) is 4.39 Å². The number of ether oxygens (including phenoxy) is 1. The van der Waals surface area contributed by atoms with Crippen LogP contribution < -0.4 is 15.4 Å². The molecule has 1 fully saturated rings. The minimum Gasteiger partial charge on any atom is -0.459 e. The molecule has 2 rings (SSSR count). The van der Waals surface area contributed by atoms with E-state index in [4.69, 9.17) is 4.74 Å². The zero-order valence-electron chi connectivity index (χ0n) is 16.5. The Morgan fingerprint density at radius 3 is 2.58 bits per heavy atom. The highest BCUT2D eigenvalue weighted by molar-refractivity contribution is 5.91. The molecular weight excluding hydrogens is 331 g/mol. The van der Waals surface area contributed by atoms with E-state index in [9.17, 15) is 9.18 Å². The highest BCUT2D eigenvalue weighted by atomic mass is 19.2. The van der Waals surface area contributed by atoms with Gasteiger partial charge in [-0.05, 0) is 57.0 Å². The van der Waals surface area contributed by atoms with Crippen LogP contribution in [0.1, 0.15) is 59.4 Å². The standard InChI is InChI=1S/C21H31FN2O2/c1-6-15(2)18(24-19(25)21(5)10-12-23-13-11-21)16-8-7-9-17(14-16)26-20(3,4)22/h7-9,14,23H,6,10-13H2,1-5H3,(H,24,25)/b18-15+. The maximum Gasteiger partial charge on any atom is 0.242 e. The number of carbonyl (C=O) groups excluding carboxylic acids is 1. The van der Waals surface area contributed by atoms with Gasteiger partial charge in [0.25, 0.3) is 0 Å². The first kappa shape index (κ1) is 20.4. The number of piperidine rings is 1. The Kier molecular flexibility index (Phi) is 6.45. The maximum absolute atomic E-state index is 13.8. The predicted octanol–water partition coefficient (Wildman–Crippen LogP) is 4.42. The van der Waals surface area contributed by atoms with Gasteiger partial charge in [0, 0.05) is 30.5 Å². The number of amides is 1. The number of rotatable bonds is 6. The fourth-order valence-corrected chi connectivity index (χ4v) is 3.07. The van der Waals surface area contributed by atoms with Gasteiger partial charge in [-0.3, -0.25) is 4.79 Å². The largest absolute Gasteiger partial charge is 0.459 e. The van der Waals surface area contributed by atoms with Crippen molar-refractivity contribution in [2.45, 2.75) is 59.7 Å². The summed E-state index contributed by atoms with van der Waals surface area (Å²) in [5.41, 5.74) is 2.32. The van der Waals surface area contributed by atoms with Crippen LogP contribution >= 0.6 is 0 Å². The van der Waals surface area contributed by atoms with Crippen molar-refractivity contribution < 1.29 is 13.9 Å². The van der Waals surface area contributed by atoms with Gasteiger partial charge in [-0.25, -0.2) is 0 Å². The summed E-state index contributed by atoms with van der Waals surface area (Å²) in [5, 5.41) is 6.45. The van der Waals surface area contributed by atoms with Gasteiger partial charge in [0.2, 0.25) is 11.8 Å². The Labute approximate surface area is 156 Å². The van der Waals surface area contributed by atoms with Gasteiger partial charge < -0.3 is 15.4 Å². The summed E-state index contributed by atoms with van der Waals surface area (Å²) in [6.45, 7) is 10.5. The lowest BCUT2D eigenvalue weighted by molar-refractivity contribution is -0.130. The van der Waals surface area contributed by atoms with Crippen molar-refractivity contribution in [2.24, 2.45) is 5.41 Å². The van der Waals surface area contributed by atoms with Crippen molar-refractivity contribution >= 4 is 11.6 Å². The molecule has 2 N–H and O–H groups in total. The predicted molar refractivity (Wildman–Crippen MR) is 103 cm³/mol. The van der Waals surface area contributed by atoms with E-state index in [0.29, 0.717) is 5.75 Å². The number of halogens is 1. The minimum absolute atomic E-state index is 0.0407. The fraction of sp³-hybridized carbons (Fsp3) is 0.571. The van der Waals surface area contributed by atoms with Crippen LogP contribution in [-0.4, -0.2) is 24.9 Å². The van der Waals surface area contributed by atoms with E-state index in [1.807, 2.05) is 26.0 Å². The van der Waals surface area contributed by atoms with Crippen LogP contribution in [0.15, 0.2) is 29.8 Å². The molecule has 0 bridgehead atoms. The van der Waals surface area contributed by atoms with E-state index in [0.717, 1.165) is 49.2 Å². The Morgan fingerprint density at radius 1 is 1.35 bits per heavy atom. The lowest BCUT2D eigenvalue weighted by Gasteiger charge is -2.33.